The number of rotatable bonds is 9. The number of nitrogens with zero attached hydrogens (tertiary/aromatic N) is 2. The van der Waals surface area contributed by atoms with Crippen molar-refractivity contribution in [3.8, 4) is 5.75 Å². The number of likely N-dealkylation sites (N-methyl/N-ethyl adjacent to an activating group) is 1. The molecule has 0 fully saturated rings. The van der Waals surface area contributed by atoms with E-state index in [1.165, 1.54) is 12.1 Å². The van der Waals surface area contributed by atoms with E-state index in [1.54, 1.807) is 18.4 Å². The lowest BCUT2D eigenvalue weighted by atomic mass is 10.2. The molecule has 7 heteroatoms. The third-order valence-corrected chi connectivity index (χ3v) is 4.69. The fourth-order valence-electron chi connectivity index (χ4n) is 3.01. The number of benzene rings is 1. The molecule has 1 aromatic heterocycles. The normalized spacial score (nSPS) is 16.1. The van der Waals surface area contributed by atoms with Gasteiger partial charge in [-0.2, -0.15) is 0 Å². The first-order valence-corrected chi connectivity index (χ1v) is 10.3. The standard InChI is InChI=1S/C24H29FN4O2/c1-5-12-26-21(22-7-6-13-30-22)15-18(3)29(4)24-14-17(2)27-23(28-24)16-31-20-10-8-19(25)9-11-20/h6-11,13-15,23,26-27H,3,5,12,16H2,1-2,4H3/b21-15-. The molecule has 0 bridgehead atoms. The molecule has 164 valence electrons. The van der Waals surface area contributed by atoms with Crippen molar-refractivity contribution in [1.29, 1.82) is 0 Å². The molecular formula is C24H29FN4O2. The molecule has 2 heterocycles. The lowest BCUT2D eigenvalue weighted by Gasteiger charge is -2.28. The van der Waals surface area contributed by atoms with Crippen molar-refractivity contribution in [3.63, 3.8) is 0 Å². The van der Waals surface area contributed by atoms with Crippen molar-refractivity contribution >= 4 is 11.5 Å². The highest BCUT2D eigenvalue weighted by Crippen LogP contribution is 2.18. The predicted octanol–water partition coefficient (Wildman–Crippen LogP) is 4.52. The molecule has 1 aliphatic rings. The molecule has 1 aromatic carbocycles. The SMILES string of the molecule is C=C(/C=C(\NCCC)c1ccco1)N(C)C1=NC(COc2ccc(F)cc2)NC(C)=C1. The highest BCUT2D eigenvalue weighted by atomic mass is 19.1. The van der Waals surface area contributed by atoms with Gasteiger partial charge in [-0.05, 0) is 61.9 Å². The van der Waals surface area contributed by atoms with Crippen LogP contribution in [0.4, 0.5) is 4.39 Å². The van der Waals surface area contributed by atoms with Crippen LogP contribution >= 0.6 is 0 Å². The van der Waals surface area contributed by atoms with Crippen LogP contribution in [0, 0.1) is 5.82 Å². The summed E-state index contributed by atoms with van der Waals surface area (Å²) in [5.74, 6) is 1.82. The summed E-state index contributed by atoms with van der Waals surface area (Å²) in [6.45, 7) is 9.44. The number of aliphatic imine (C=N–C) groups is 1. The average Bonchev–Trinajstić information content (AvgIpc) is 3.30. The molecule has 0 spiro atoms. The van der Waals surface area contributed by atoms with E-state index in [-0.39, 0.29) is 12.0 Å². The van der Waals surface area contributed by atoms with E-state index < -0.39 is 0 Å². The third-order valence-electron chi connectivity index (χ3n) is 4.69. The second-order valence-electron chi connectivity index (χ2n) is 7.25. The smallest absolute Gasteiger partial charge is 0.155 e. The topological polar surface area (TPSA) is 62.0 Å². The highest BCUT2D eigenvalue weighted by molar-refractivity contribution is 5.95. The van der Waals surface area contributed by atoms with Crippen LogP contribution in [0.25, 0.3) is 5.70 Å². The Morgan fingerprint density at radius 1 is 1.35 bits per heavy atom. The summed E-state index contributed by atoms with van der Waals surface area (Å²) in [4.78, 5) is 6.66. The van der Waals surface area contributed by atoms with Gasteiger partial charge in [0.15, 0.2) is 6.17 Å². The van der Waals surface area contributed by atoms with Crippen LogP contribution in [-0.4, -0.2) is 37.1 Å². The van der Waals surface area contributed by atoms with Crippen LogP contribution in [0.3, 0.4) is 0 Å². The minimum absolute atomic E-state index is 0.271. The molecule has 0 amide bonds. The monoisotopic (exact) mass is 424 g/mol. The number of amidine groups is 1. The highest BCUT2D eigenvalue weighted by Gasteiger charge is 2.18. The number of furan rings is 1. The maximum absolute atomic E-state index is 13.1. The predicted molar refractivity (Wildman–Crippen MR) is 122 cm³/mol. The molecule has 1 aliphatic heterocycles. The van der Waals surface area contributed by atoms with Gasteiger partial charge in [-0.15, -0.1) is 0 Å². The number of hydrogen-bond acceptors (Lipinski definition) is 6. The van der Waals surface area contributed by atoms with Crippen LogP contribution < -0.4 is 15.4 Å². The lowest BCUT2D eigenvalue weighted by Crippen LogP contribution is -2.39. The van der Waals surface area contributed by atoms with Gasteiger partial charge in [-0.25, -0.2) is 9.38 Å². The molecule has 0 saturated heterocycles. The molecule has 6 nitrogen and oxygen atoms in total. The van der Waals surface area contributed by atoms with Gasteiger partial charge in [0.25, 0.3) is 0 Å². The first-order valence-electron chi connectivity index (χ1n) is 10.3. The Labute approximate surface area is 182 Å². The maximum atomic E-state index is 13.1. The van der Waals surface area contributed by atoms with Gasteiger partial charge in [0.1, 0.15) is 29.8 Å². The van der Waals surface area contributed by atoms with E-state index in [9.17, 15) is 4.39 Å². The molecule has 2 N–H and O–H groups in total. The number of halogens is 1. The third kappa shape index (κ3) is 6.25. The number of nitrogens with one attached hydrogen (secondary N) is 2. The minimum Gasteiger partial charge on any atom is -0.489 e. The molecule has 1 unspecified atom stereocenters. The second-order valence-corrected chi connectivity index (χ2v) is 7.25. The largest absolute Gasteiger partial charge is 0.489 e. The van der Waals surface area contributed by atoms with Crippen molar-refractivity contribution < 1.29 is 13.5 Å². The van der Waals surface area contributed by atoms with Crippen molar-refractivity contribution in [2.45, 2.75) is 26.4 Å². The van der Waals surface area contributed by atoms with Crippen LogP contribution in [-0.2, 0) is 0 Å². The van der Waals surface area contributed by atoms with Gasteiger partial charge in [-0.1, -0.05) is 13.5 Å². The number of hydrogen-bond donors (Lipinski definition) is 2. The fraction of sp³-hybridized carbons (Fsp3) is 0.292. The first kappa shape index (κ1) is 22.2. The second kappa shape index (κ2) is 10.5. The molecule has 0 aliphatic carbocycles. The maximum Gasteiger partial charge on any atom is 0.155 e. The van der Waals surface area contributed by atoms with Gasteiger partial charge < -0.3 is 24.7 Å². The van der Waals surface area contributed by atoms with Crippen molar-refractivity contribution in [1.82, 2.24) is 15.5 Å². The first-order chi connectivity index (χ1) is 15.0. The van der Waals surface area contributed by atoms with Crippen molar-refractivity contribution in [3.05, 3.63) is 84.4 Å². The van der Waals surface area contributed by atoms with E-state index in [1.807, 2.05) is 43.2 Å². The van der Waals surface area contributed by atoms with Gasteiger partial charge in [0.2, 0.25) is 0 Å². The summed E-state index contributed by atoms with van der Waals surface area (Å²) in [5, 5.41) is 6.67. The van der Waals surface area contributed by atoms with Crippen LogP contribution in [0.15, 0.2) is 82.2 Å². The van der Waals surface area contributed by atoms with Crippen LogP contribution in [0.2, 0.25) is 0 Å². The van der Waals surface area contributed by atoms with E-state index >= 15 is 0 Å². The molecule has 0 saturated carbocycles. The van der Waals surface area contributed by atoms with E-state index in [0.29, 0.717) is 12.4 Å². The molecule has 0 radical (unpaired) electrons. The lowest BCUT2D eigenvalue weighted by molar-refractivity contribution is 0.273. The average molecular weight is 425 g/mol. The minimum atomic E-state index is -0.294. The van der Waals surface area contributed by atoms with Crippen LogP contribution in [0.1, 0.15) is 26.0 Å². The zero-order chi connectivity index (χ0) is 22.2. The Morgan fingerprint density at radius 3 is 2.81 bits per heavy atom. The summed E-state index contributed by atoms with van der Waals surface area (Å²) in [6.07, 6.45) is 6.28. The van der Waals surface area contributed by atoms with Gasteiger partial charge in [0, 0.05) is 25.0 Å². The number of allylic oxidation sites excluding steroid dienone is 2. The molecule has 2 aromatic rings. The molecule has 31 heavy (non-hydrogen) atoms. The van der Waals surface area contributed by atoms with E-state index in [4.69, 9.17) is 14.1 Å². The van der Waals surface area contributed by atoms with Crippen molar-refractivity contribution in [2.75, 3.05) is 20.2 Å². The van der Waals surface area contributed by atoms with E-state index in [2.05, 4.69) is 24.1 Å². The van der Waals surface area contributed by atoms with Gasteiger partial charge >= 0.3 is 0 Å². The number of ether oxygens (including phenoxy) is 1. The summed E-state index contributed by atoms with van der Waals surface area (Å²) in [5.41, 5.74) is 2.60. The molecule has 1 atom stereocenters. The summed E-state index contributed by atoms with van der Waals surface area (Å²) < 4.78 is 24.4. The quantitative estimate of drug-likeness (QED) is 0.580. The van der Waals surface area contributed by atoms with Gasteiger partial charge in [-0.3, -0.25) is 0 Å². The fourth-order valence-corrected chi connectivity index (χ4v) is 3.01. The zero-order valence-corrected chi connectivity index (χ0v) is 18.2. The summed E-state index contributed by atoms with van der Waals surface area (Å²) in [6, 6.07) is 9.72. The van der Waals surface area contributed by atoms with Crippen molar-refractivity contribution in [2.24, 2.45) is 4.99 Å². The summed E-state index contributed by atoms with van der Waals surface area (Å²) >= 11 is 0. The Hall–Kier alpha value is -3.48. The zero-order valence-electron chi connectivity index (χ0n) is 18.2. The molecule has 3 rings (SSSR count). The van der Waals surface area contributed by atoms with Crippen LogP contribution in [0.5, 0.6) is 5.75 Å². The molecular weight excluding hydrogens is 395 g/mol. The van der Waals surface area contributed by atoms with E-state index in [0.717, 1.165) is 41.7 Å². The Morgan fingerprint density at radius 2 is 2.13 bits per heavy atom. The Kier molecular flexibility index (Phi) is 7.54. The summed E-state index contributed by atoms with van der Waals surface area (Å²) in [7, 11) is 1.92. The van der Waals surface area contributed by atoms with Gasteiger partial charge in [0.05, 0.1) is 12.0 Å². The Bertz CT molecular complexity index is 962. The Balaban J connectivity index is 1.70.